The fourth-order valence-electron chi connectivity index (χ4n) is 2.70. The standard InChI is InChI=1S/C18H18N4O/c19-10-16-7-8-17(11-21-16)20-9-3-6-18(23)22-12-14-4-1-2-5-15(14)13-22/h1-2,4-5,7-8,11,20H,3,6,9,12-13H2. The van der Waals surface area contributed by atoms with Gasteiger partial charge in [-0.3, -0.25) is 4.79 Å². The molecule has 1 aliphatic heterocycles. The topological polar surface area (TPSA) is 69.0 Å². The Balaban J connectivity index is 1.41. The van der Waals surface area contributed by atoms with Crippen molar-refractivity contribution in [1.82, 2.24) is 9.88 Å². The van der Waals surface area contributed by atoms with Crippen LogP contribution < -0.4 is 5.32 Å². The van der Waals surface area contributed by atoms with Crippen molar-refractivity contribution in [3.05, 3.63) is 59.4 Å². The predicted octanol–water partition coefficient (Wildman–Crippen LogP) is 2.69. The van der Waals surface area contributed by atoms with Crippen molar-refractivity contribution in [3.8, 4) is 6.07 Å². The normalized spacial score (nSPS) is 12.6. The molecular formula is C18H18N4O. The van der Waals surface area contributed by atoms with Gasteiger partial charge in [0, 0.05) is 26.1 Å². The van der Waals surface area contributed by atoms with Gasteiger partial charge in [0.2, 0.25) is 5.91 Å². The lowest BCUT2D eigenvalue weighted by atomic mass is 10.1. The van der Waals surface area contributed by atoms with Crippen LogP contribution in [0.5, 0.6) is 0 Å². The molecule has 0 spiro atoms. The highest BCUT2D eigenvalue weighted by molar-refractivity contribution is 5.77. The zero-order valence-electron chi connectivity index (χ0n) is 12.8. The van der Waals surface area contributed by atoms with Gasteiger partial charge in [-0.25, -0.2) is 4.98 Å². The molecule has 5 nitrogen and oxygen atoms in total. The zero-order valence-corrected chi connectivity index (χ0v) is 12.8. The number of nitrogens with one attached hydrogen (secondary N) is 1. The Morgan fingerprint density at radius 1 is 1.22 bits per heavy atom. The molecule has 23 heavy (non-hydrogen) atoms. The molecule has 0 saturated heterocycles. The molecule has 1 N–H and O–H groups in total. The molecule has 5 heteroatoms. The second kappa shape index (κ2) is 6.93. The van der Waals surface area contributed by atoms with E-state index in [-0.39, 0.29) is 5.91 Å². The summed E-state index contributed by atoms with van der Waals surface area (Å²) >= 11 is 0. The highest BCUT2D eigenvalue weighted by Gasteiger charge is 2.21. The number of carbonyl (C=O) groups is 1. The van der Waals surface area contributed by atoms with E-state index in [0.29, 0.717) is 18.7 Å². The molecule has 1 aromatic heterocycles. The van der Waals surface area contributed by atoms with E-state index in [2.05, 4.69) is 22.4 Å². The molecule has 1 aliphatic rings. The van der Waals surface area contributed by atoms with E-state index in [4.69, 9.17) is 5.26 Å². The Hall–Kier alpha value is -2.87. The first-order valence-electron chi connectivity index (χ1n) is 7.71. The van der Waals surface area contributed by atoms with Crippen LogP contribution in [0.3, 0.4) is 0 Å². The number of amides is 1. The van der Waals surface area contributed by atoms with E-state index in [1.165, 1.54) is 11.1 Å². The lowest BCUT2D eigenvalue weighted by molar-refractivity contribution is -0.131. The number of aromatic nitrogens is 1. The quantitative estimate of drug-likeness (QED) is 0.862. The third kappa shape index (κ3) is 3.67. The smallest absolute Gasteiger partial charge is 0.223 e. The first-order chi connectivity index (χ1) is 11.3. The Bertz CT molecular complexity index is 708. The third-order valence-corrected chi connectivity index (χ3v) is 3.97. The lowest BCUT2D eigenvalue weighted by Gasteiger charge is -2.15. The summed E-state index contributed by atoms with van der Waals surface area (Å²) in [6.45, 7) is 2.16. The molecule has 2 heterocycles. The molecule has 116 valence electrons. The molecular weight excluding hydrogens is 288 g/mol. The fraction of sp³-hybridized carbons (Fsp3) is 0.278. The van der Waals surface area contributed by atoms with Gasteiger partial charge >= 0.3 is 0 Å². The van der Waals surface area contributed by atoms with Gasteiger partial charge in [-0.15, -0.1) is 0 Å². The molecule has 0 unspecified atom stereocenters. The zero-order chi connectivity index (χ0) is 16.1. The Morgan fingerprint density at radius 2 is 1.96 bits per heavy atom. The SMILES string of the molecule is N#Cc1ccc(NCCCC(=O)N2Cc3ccccc3C2)cn1. The van der Waals surface area contributed by atoms with E-state index in [0.717, 1.165) is 25.2 Å². The minimum atomic E-state index is 0.195. The number of fused-ring (bicyclic) bond motifs is 1. The van der Waals surface area contributed by atoms with Crippen LogP contribution in [0.1, 0.15) is 29.7 Å². The van der Waals surface area contributed by atoms with E-state index in [1.807, 2.05) is 29.2 Å². The number of anilines is 1. The van der Waals surface area contributed by atoms with Gasteiger partial charge in [-0.05, 0) is 29.7 Å². The number of rotatable bonds is 5. The fourth-order valence-corrected chi connectivity index (χ4v) is 2.70. The van der Waals surface area contributed by atoms with Crippen LogP contribution in [0.25, 0.3) is 0 Å². The summed E-state index contributed by atoms with van der Waals surface area (Å²) in [6, 6.07) is 13.7. The maximum absolute atomic E-state index is 12.3. The predicted molar refractivity (Wildman–Crippen MR) is 87.4 cm³/mol. The number of pyridine rings is 1. The van der Waals surface area contributed by atoms with Crippen molar-refractivity contribution < 1.29 is 4.79 Å². The van der Waals surface area contributed by atoms with Crippen LogP contribution in [0.4, 0.5) is 5.69 Å². The number of benzene rings is 1. The van der Waals surface area contributed by atoms with Crippen LogP contribution >= 0.6 is 0 Å². The van der Waals surface area contributed by atoms with E-state index < -0.39 is 0 Å². The highest BCUT2D eigenvalue weighted by atomic mass is 16.2. The second-order valence-corrected chi connectivity index (χ2v) is 5.59. The van der Waals surface area contributed by atoms with Crippen LogP contribution in [0.15, 0.2) is 42.6 Å². The van der Waals surface area contributed by atoms with Crippen LogP contribution in [-0.2, 0) is 17.9 Å². The number of nitriles is 1. The van der Waals surface area contributed by atoms with E-state index >= 15 is 0 Å². The lowest BCUT2D eigenvalue weighted by Crippen LogP contribution is -2.25. The van der Waals surface area contributed by atoms with Crippen LogP contribution in [0, 0.1) is 11.3 Å². The van der Waals surface area contributed by atoms with Gasteiger partial charge in [0.1, 0.15) is 11.8 Å². The molecule has 0 radical (unpaired) electrons. The second-order valence-electron chi connectivity index (χ2n) is 5.59. The van der Waals surface area contributed by atoms with Gasteiger partial charge in [0.15, 0.2) is 0 Å². The average Bonchev–Trinajstić information content (AvgIpc) is 3.03. The van der Waals surface area contributed by atoms with Crippen molar-refractivity contribution in [2.75, 3.05) is 11.9 Å². The van der Waals surface area contributed by atoms with Gasteiger partial charge < -0.3 is 10.2 Å². The molecule has 3 rings (SSSR count). The molecule has 1 amide bonds. The molecule has 0 saturated carbocycles. The Labute approximate surface area is 135 Å². The molecule has 2 aromatic rings. The average molecular weight is 306 g/mol. The minimum Gasteiger partial charge on any atom is -0.384 e. The van der Waals surface area contributed by atoms with Crippen LogP contribution in [-0.4, -0.2) is 22.3 Å². The van der Waals surface area contributed by atoms with Gasteiger partial charge in [0.05, 0.1) is 11.9 Å². The molecule has 0 aliphatic carbocycles. The van der Waals surface area contributed by atoms with Gasteiger partial charge in [-0.1, -0.05) is 24.3 Å². The summed E-state index contributed by atoms with van der Waals surface area (Å²) in [7, 11) is 0. The minimum absolute atomic E-state index is 0.195. The summed E-state index contributed by atoms with van der Waals surface area (Å²) in [5.74, 6) is 0.195. The van der Waals surface area contributed by atoms with Crippen molar-refractivity contribution in [2.45, 2.75) is 25.9 Å². The first-order valence-corrected chi connectivity index (χ1v) is 7.71. The number of hydrogen-bond donors (Lipinski definition) is 1. The number of nitrogens with zero attached hydrogens (tertiary/aromatic N) is 3. The maximum Gasteiger partial charge on any atom is 0.223 e. The van der Waals surface area contributed by atoms with Crippen molar-refractivity contribution in [3.63, 3.8) is 0 Å². The Kier molecular flexibility index (Phi) is 4.53. The van der Waals surface area contributed by atoms with Gasteiger partial charge in [0.25, 0.3) is 0 Å². The first kappa shape index (κ1) is 15.0. The highest BCUT2D eigenvalue weighted by Crippen LogP contribution is 2.22. The summed E-state index contributed by atoms with van der Waals surface area (Å²) in [4.78, 5) is 18.2. The van der Waals surface area contributed by atoms with E-state index in [9.17, 15) is 4.79 Å². The molecule has 0 fully saturated rings. The summed E-state index contributed by atoms with van der Waals surface area (Å²) in [5, 5.41) is 11.9. The maximum atomic E-state index is 12.3. The third-order valence-electron chi connectivity index (χ3n) is 3.97. The summed E-state index contributed by atoms with van der Waals surface area (Å²) in [6.07, 6.45) is 2.94. The van der Waals surface area contributed by atoms with Crippen LogP contribution in [0.2, 0.25) is 0 Å². The molecule has 0 atom stereocenters. The summed E-state index contributed by atoms with van der Waals surface area (Å²) < 4.78 is 0. The van der Waals surface area contributed by atoms with Crippen molar-refractivity contribution in [2.24, 2.45) is 0 Å². The monoisotopic (exact) mass is 306 g/mol. The molecule has 0 bridgehead atoms. The molecule has 1 aromatic carbocycles. The Morgan fingerprint density at radius 3 is 2.57 bits per heavy atom. The number of hydrogen-bond acceptors (Lipinski definition) is 4. The van der Waals surface area contributed by atoms with Crippen molar-refractivity contribution in [1.29, 1.82) is 5.26 Å². The summed E-state index contributed by atoms with van der Waals surface area (Å²) in [5.41, 5.74) is 3.77. The largest absolute Gasteiger partial charge is 0.384 e. The van der Waals surface area contributed by atoms with Crippen molar-refractivity contribution >= 4 is 11.6 Å². The van der Waals surface area contributed by atoms with E-state index in [1.54, 1.807) is 12.3 Å². The van der Waals surface area contributed by atoms with Gasteiger partial charge in [-0.2, -0.15) is 5.26 Å². The number of carbonyl (C=O) groups excluding carboxylic acids is 1.